The minimum absolute atomic E-state index is 0.154. The topological polar surface area (TPSA) is 61.7 Å². The van der Waals surface area contributed by atoms with Gasteiger partial charge in [-0.2, -0.15) is 5.10 Å². The van der Waals surface area contributed by atoms with Crippen LogP contribution in [0.5, 0.6) is 0 Å². The Morgan fingerprint density at radius 1 is 1.00 bits per heavy atom. The molecular weight excluding hydrogens is 374 g/mol. The first-order chi connectivity index (χ1) is 14.5. The second kappa shape index (κ2) is 6.99. The number of pyridine rings is 1. The van der Waals surface area contributed by atoms with E-state index in [2.05, 4.69) is 58.3 Å². The summed E-state index contributed by atoms with van der Waals surface area (Å²) in [6, 6.07) is 12.9. The van der Waals surface area contributed by atoms with E-state index in [1.807, 2.05) is 50.2 Å². The lowest BCUT2D eigenvalue weighted by Gasteiger charge is -2.16. The summed E-state index contributed by atoms with van der Waals surface area (Å²) in [5.41, 5.74) is 8.29. The van der Waals surface area contributed by atoms with Crippen LogP contribution in [0.3, 0.4) is 0 Å². The van der Waals surface area contributed by atoms with Crippen molar-refractivity contribution in [2.75, 3.05) is 0 Å². The average molecular weight is 397 g/mol. The molecule has 150 valence electrons. The van der Waals surface area contributed by atoms with Crippen molar-refractivity contribution >= 4 is 11.0 Å². The second-order valence-corrected chi connectivity index (χ2v) is 7.73. The van der Waals surface area contributed by atoms with Gasteiger partial charge in [0.2, 0.25) is 0 Å². The number of fused-ring (bicyclic) bond motifs is 1. The van der Waals surface area contributed by atoms with Crippen molar-refractivity contribution in [2.24, 2.45) is 7.05 Å². The quantitative estimate of drug-likeness (QED) is 0.412. The molecule has 0 fully saturated rings. The molecule has 4 heterocycles. The number of hydrogen-bond donors (Lipinski definition) is 0. The van der Waals surface area contributed by atoms with Gasteiger partial charge in [0.25, 0.3) is 0 Å². The molecule has 5 aromatic rings. The van der Waals surface area contributed by atoms with Gasteiger partial charge in [0.15, 0.2) is 0 Å². The Morgan fingerprint density at radius 3 is 2.47 bits per heavy atom. The minimum atomic E-state index is 0.154. The van der Waals surface area contributed by atoms with Crippen molar-refractivity contribution in [3.05, 3.63) is 78.2 Å². The smallest absolute Gasteiger partial charge is 0.141 e. The third-order valence-corrected chi connectivity index (χ3v) is 5.71. The number of rotatable bonds is 4. The van der Waals surface area contributed by atoms with Crippen molar-refractivity contribution in [1.29, 1.82) is 0 Å². The molecule has 30 heavy (non-hydrogen) atoms. The minimum Gasteiger partial charge on any atom is -0.361 e. The predicted molar refractivity (Wildman–Crippen MR) is 117 cm³/mol. The largest absolute Gasteiger partial charge is 0.361 e. The van der Waals surface area contributed by atoms with Crippen LogP contribution < -0.4 is 0 Å². The third-order valence-electron chi connectivity index (χ3n) is 5.71. The van der Waals surface area contributed by atoms with E-state index in [4.69, 9.17) is 9.51 Å². The molecule has 4 aromatic heterocycles. The Morgan fingerprint density at radius 2 is 1.80 bits per heavy atom. The summed E-state index contributed by atoms with van der Waals surface area (Å²) >= 11 is 0. The maximum Gasteiger partial charge on any atom is 0.141 e. The normalized spacial score (nSPS) is 12.5. The van der Waals surface area contributed by atoms with Crippen LogP contribution in [-0.4, -0.2) is 24.5 Å². The third kappa shape index (κ3) is 2.92. The average Bonchev–Trinajstić information content (AvgIpc) is 3.44. The Hall–Kier alpha value is -3.67. The summed E-state index contributed by atoms with van der Waals surface area (Å²) in [4.78, 5) is 4.87. The van der Waals surface area contributed by atoms with Gasteiger partial charge in [-0.3, -0.25) is 9.67 Å². The number of benzene rings is 1. The summed E-state index contributed by atoms with van der Waals surface area (Å²) in [5.74, 6) is 0.801. The molecule has 0 saturated heterocycles. The highest BCUT2D eigenvalue weighted by Gasteiger charge is 2.20. The van der Waals surface area contributed by atoms with Crippen LogP contribution in [0.2, 0.25) is 0 Å². The molecule has 0 aliphatic carbocycles. The van der Waals surface area contributed by atoms with E-state index in [-0.39, 0.29) is 6.04 Å². The Balaban J connectivity index is 1.75. The lowest BCUT2D eigenvalue weighted by molar-refractivity contribution is 0.393. The van der Waals surface area contributed by atoms with Crippen LogP contribution in [0.4, 0.5) is 0 Å². The van der Waals surface area contributed by atoms with Gasteiger partial charge in [0, 0.05) is 47.9 Å². The van der Waals surface area contributed by atoms with Crippen LogP contribution >= 0.6 is 0 Å². The molecule has 0 bridgehead atoms. The summed E-state index contributed by atoms with van der Waals surface area (Å²) in [6.07, 6.45) is 8.00. The van der Waals surface area contributed by atoms with E-state index >= 15 is 0 Å². The molecular formula is C24H23N5O. The molecule has 1 aromatic carbocycles. The van der Waals surface area contributed by atoms with Crippen molar-refractivity contribution in [2.45, 2.75) is 26.8 Å². The number of nitrogens with zero attached hydrogens (tertiary/aromatic N) is 5. The highest BCUT2D eigenvalue weighted by Crippen LogP contribution is 2.36. The maximum atomic E-state index is 5.39. The highest BCUT2D eigenvalue weighted by molar-refractivity contribution is 5.95. The van der Waals surface area contributed by atoms with Gasteiger partial charge < -0.3 is 9.09 Å². The molecule has 0 unspecified atom stereocenters. The molecule has 1 atom stereocenters. The van der Waals surface area contributed by atoms with Crippen molar-refractivity contribution in [3.63, 3.8) is 0 Å². The van der Waals surface area contributed by atoms with E-state index in [1.165, 1.54) is 5.56 Å². The first-order valence-corrected chi connectivity index (χ1v) is 10.0. The first kappa shape index (κ1) is 18.4. The van der Waals surface area contributed by atoms with Crippen molar-refractivity contribution in [1.82, 2.24) is 24.5 Å². The van der Waals surface area contributed by atoms with Crippen LogP contribution in [0.25, 0.3) is 33.3 Å². The summed E-state index contributed by atoms with van der Waals surface area (Å²) in [6.45, 7) is 6.11. The van der Waals surface area contributed by atoms with Crippen molar-refractivity contribution in [3.8, 4) is 22.3 Å². The fraction of sp³-hybridized carbons (Fsp3) is 0.208. The lowest BCUT2D eigenvalue weighted by Crippen LogP contribution is -2.05. The van der Waals surface area contributed by atoms with Crippen LogP contribution in [0.15, 0.2) is 65.7 Å². The van der Waals surface area contributed by atoms with Crippen LogP contribution in [0.1, 0.15) is 30.0 Å². The number of aryl methyl sites for hydroxylation is 3. The van der Waals surface area contributed by atoms with Gasteiger partial charge in [0.1, 0.15) is 5.76 Å². The first-order valence-electron chi connectivity index (χ1n) is 10.0. The van der Waals surface area contributed by atoms with E-state index < -0.39 is 0 Å². The molecule has 0 amide bonds. The molecule has 0 N–H and O–H groups in total. The zero-order valence-electron chi connectivity index (χ0n) is 17.5. The number of hydrogen-bond acceptors (Lipinski definition) is 4. The summed E-state index contributed by atoms with van der Waals surface area (Å²) in [5, 5.41) is 8.47. The second-order valence-electron chi connectivity index (χ2n) is 7.73. The Kier molecular flexibility index (Phi) is 4.28. The van der Waals surface area contributed by atoms with Crippen LogP contribution in [0, 0.1) is 13.8 Å². The Labute approximate surface area is 174 Å². The molecule has 0 aliphatic heterocycles. The van der Waals surface area contributed by atoms with Gasteiger partial charge in [-0.05, 0) is 32.4 Å². The zero-order valence-corrected chi connectivity index (χ0v) is 17.5. The van der Waals surface area contributed by atoms with E-state index in [9.17, 15) is 0 Å². The molecule has 6 heteroatoms. The molecule has 5 rings (SSSR count). The van der Waals surface area contributed by atoms with E-state index in [0.29, 0.717) is 0 Å². The molecule has 0 aliphatic rings. The van der Waals surface area contributed by atoms with E-state index in [1.54, 1.807) is 0 Å². The Bertz CT molecular complexity index is 1320. The zero-order chi connectivity index (χ0) is 20.8. The summed E-state index contributed by atoms with van der Waals surface area (Å²) in [7, 11) is 1.93. The van der Waals surface area contributed by atoms with Gasteiger partial charge in [0.05, 0.1) is 29.0 Å². The fourth-order valence-corrected chi connectivity index (χ4v) is 4.14. The standard InChI is InChI=1S/C24H23N5O/c1-15-23(17(3)30-27-15)19-10-22-24(25-11-19)21(20-12-26-28(4)13-20)14-29(22)16(2)18-8-6-5-7-9-18/h5-14,16H,1-4H3/t16-/m1/s1. The van der Waals surface area contributed by atoms with Crippen molar-refractivity contribution < 1.29 is 4.52 Å². The highest BCUT2D eigenvalue weighted by atomic mass is 16.5. The SMILES string of the molecule is Cc1noc(C)c1-c1cnc2c(-c3cnn(C)c3)cn([C@H](C)c3ccccc3)c2c1. The molecule has 6 nitrogen and oxygen atoms in total. The fourth-order valence-electron chi connectivity index (χ4n) is 4.14. The van der Waals surface area contributed by atoms with E-state index in [0.717, 1.165) is 44.7 Å². The van der Waals surface area contributed by atoms with Gasteiger partial charge in [-0.1, -0.05) is 35.5 Å². The summed E-state index contributed by atoms with van der Waals surface area (Å²) < 4.78 is 9.50. The molecule has 0 spiro atoms. The molecule has 0 saturated carbocycles. The molecule has 0 radical (unpaired) electrons. The lowest BCUT2D eigenvalue weighted by atomic mass is 10.0. The van der Waals surface area contributed by atoms with Crippen LogP contribution in [-0.2, 0) is 7.05 Å². The monoisotopic (exact) mass is 397 g/mol. The van der Waals surface area contributed by atoms with Gasteiger partial charge in [-0.25, -0.2) is 0 Å². The maximum absolute atomic E-state index is 5.39. The predicted octanol–water partition coefficient (Wildman–Crippen LogP) is 5.32. The van der Waals surface area contributed by atoms with Gasteiger partial charge >= 0.3 is 0 Å². The van der Waals surface area contributed by atoms with Gasteiger partial charge in [-0.15, -0.1) is 0 Å². The number of aromatic nitrogens is 5.